The molecular weight excluding hydrogens is 526 g/mol. The molecule has 3 heterocycles. The molecule has 2 fully saturated rings. The number of aryl methyl sites for hydroxylation is 2. The van der Waals surface area contributed by atoms with E-state index >= 15 is 0 Å². The summed E-state index contributed by atoms with van der Waals surface area (Å²) in [5.41, 5.74) is 2.16. The number of anilines is 1. The summed E-state index contributed by atoms with van der Waals surface area (Å²) in [5.74, 6) is 2.72. The number of nitrogens with one attached hydrogen (secondary N) is 2. The number of amides is 3. The van der Waals surface area contributed by atoms with Gasteiger partial charge in [0, 0.05) is 32.6 Å². The predicted molar refractivity (Wildman–Crippen MR) is 151 cm³/mol. The Morgan fingerprint density at radius 1 is 0.902 bits per heavy atom. The van der Waals surface area contributed by atoms with E-state index in [4.69, 9.17) is 14.2 Å². The van der Waals surface area contributed by atoms with E-state index in [1.807, 2.05) is 36.4 Å². The smallest absolute Gasteiger partial charge is 0.324 e. The van der Waals surface area contributed by atoms with Crippen LogP contribution in [0.15, 0.2) is 48.5 Å². The Labute approximate surface area is 239 Å². The van der Waals surface area contributed by atoms with Gasteiger partial charge in [-0.15, -0.1) is 0 Å². The van der Waals surface area contributed by atoms with Gasteiger partial charge < -0.3 is 24.4 Å². The Bertz CT molecular complexity index is 1310. The lowest BCUT2D eigenvalue weighted by atomic mass is 10.1. The van der Waals surface area contributed by atoms with Gasteiger partial charge in [-0.05, 0) is 41.8 Å². The second-order valence-electron chi connectivity index (χ2n) is 9.85. The van der Waals surface area contributed by atoms with Gasteiger partial charge in [0.25, 0.3) is 0 Å². The van der Waals surface area contributed by atoms with Gasteiger partial charge in [-0.25, -0.2) is 9.78 Å². The van der Waals surface area contributed by atoms with E-state index in [0.29, 0.717) is 37.2 Å². The van der Waals surface area contributed by atoms with Crippen molar-refractivity contribution in [3.05, 3.63) is 71.3 Å². The van der Waals surface area contributed by atoms with Crippen molar-refractivity contribution in [2.24, 2.45) is 0 Å². The Hall–Kier alpha value is -4.29. The molecule has 1 aromatic heterocycles. The summed E-state index contributed by atoms with van der Waals surface area (Å²) in [6.07, 6.45) is 1.30. The highest BCUT2D eigenvalue weighted by atomic mass is 16.5. The fourth-order valence-corrected chi connectivity index (χ4v) is 4.56. The minimum atomic E-state index is -0.447. The minimum absolute atomic E-state index is 0.0185. The zero-order valence-corrected chi connectivity index (χ0v) is 23.2. The van der Waals surface area contributed by atoms with Crippen LogP contribution in [-0.2, 0) is 35.5 Å². The molecule has 3 aromatic rings. The maximum Gasteiger partial charge on any atom is 0.324 e. The van der Waals surface area contributed by atoms with Crippen LogP contribution in [0.3, 0.4) is 0 Å². The van der Waals surface area contributed by atoms with Crippen LogP contribution in [-0.4, -0.2) is 89.8 Å². The molecule has 2 aromatic carbocycles. The SMILES string of the molecule is COc1ccc(CNc2nc(CCc3ccc(OCCN4CCOCC4)cc3)nc(CN3CC(=O)NC3=O)n2)cc1. The quantitative estimate of drug-likeness (QED) is 0.299. The molecule has 0 radical (unpaired) electrons. The first-order valence-corrected chi connectivity index (χ1v) is 13.8. The second kappa shape index (κ2) is 13.9. The van der Waals surface area contributed by atoms with Gasteiger partial charge in [-0.3, -0.25) is 15.0 Å². The van der Waals surface area contributed by atoms with E-state index in [2.05, 4.69) is 42.6 Å². The molecule has 0 aliphatic carbocycles. The number of carbonyl (C=O) groups is 2. The normalized spacial score (nSPS) is 15.6. The zero-order valence-electron chi connectivity index (χ0n) is 23.2. The molecule has 5 rings (SSSR count). The molecule has 2 N–H and O–H groups in total. The van der Waals surface area contributed by atoms with Gasteiger partial charge in [0.15, 0.2) is 5.82 Å². The summed E-state index contributed by atoms with van der Waals surface area (Å²) in [5, 5.41) is 5.54. The second-order valence-corrected chi connectivity index (χ2v) is 9.85. The number of ether oxygens (including phenoxy) is 3. The van der Waals surface area contributed by atoms with Crippen LogP contribution in [0.1, 0.15) is 22.8 Å². The van der Waals surface area contributed by atoms with Crippen LogP contribution in [0.2, 0.25) is 0 Å². The van der Waals surface area contributed by atoms with Crippen LogP contribution in [0, 0.1) is 0 Å². The van der Waals surface area contributed by atoms with E-state index in [1.165, 1.54) is 4.90 Å². The molecule has 0 unspecified atom stereocenters. The molecule has 12 heteroatoms. The number of hydrogen-bond donors (Lipinski definition) is 2. The number of carbonyl (C=O) groups excluding carboxylic acids is 2. The van der Waals surface area contributed by atoms with E-state index in [0.717, 1.165) is 61.9 Å². The molecule has 41 heavy (non-hydrogen) atoms. The Kier molecular flexibility index (Phi) is 9.55. The summed E-state index contributed by atoms with van der Waals surface area (Å²) in [7, 11) is 1.63. The monoisotopic (exact) mass is 561 g/mol. The maximum atomic E-state index is 12.1. The lowest BCUT2D eigenvalue weighted by Gasteiger charge is -2.26. The highest BCUT2D eigenvalue weighted by Gasteiger charge is 2.27. The number of nitrogens with zero attached hydrogens (tertiary/aromatic N) is 5. The number of methoxy groups -OCH3 is 1. The van der Waals surface area contributed by atoms with E-state index < -0.39 is 6.03 Å². The minimum Gasteiger partial charge on any atom is -0.497 e. The standard InChI is InChI=1S/C29H35N7O5/c1-39-23-7-4-22(5-8-23)18-30-28-32-25(31-26(33-28)19-36-20-27(37)34-29(36)38)11-6-21-2-9-24(10-3-21)41-17-14-35-12-15-40-16-13-35/h2-5,7-10H,6,11-20H2,1H3,(H,34,37,38)(H,30,31,32,33). The average Bonchev–Trinajstić information content (AvgIpc) is 3.32. The van der Waals surface area contributed by atoms with Crippen LogP contribution in [0.4, 0.5) is 10.7 Å². The topological polar surface area (TPSA) is 131 Å². The third kappa shape index (κ3) is 8.35. The van der Waals surface area contributed by atoms with E-state index in [9.17, 15) is 9.59 Å². The molecule has 3 amide bonds. The number of hydrogen-bond acceptors (Lipinski definition) is 10. The van der Waals surface area contributed by atoms with Crippen molar-refractivity contribution < 1.29 is 23.8 Å². The molecule has 2 aliphatic heterocycles. The number of urea groups is 1. The Morgan fingerprint density at radius 3 is 2.32 bits per heavy atom. The van der Waals surface area contributed by atoms with Crippen molar-refractivity contribution in [2.45, 2.75) is 25.9 Å². The molecule has 0 atom stereocenters. The molecule has 2 saturated heterocycles. The molecule has 0 spiro atoms. The van der Waals surface area contributed by atoms with Crippen molar-refractivity contribution >= 4 is 17.9 Å². The average molecular weight is 562 g/mol. The van der Waals surface area contributed by atoms with Gasteiger partial charge in [-0.1, -0.05) is 24.3 Å². The molecular formula is C29H35N7O5. The van der Waals surface area contributed by atoms with Gasteiger partial charge in [0.2, 0.25) is 11.9 Å². The third-order valence-electron chi connectivity index (χ3n) is 6.88. The van der Waals surface area contributed by atoms with Gasteiger partial charge >= 0.3 is 6.03 Å². The summed E-state index contributed by atoms with van der Waals surface area (Å²) in [4.78, 5) is 41.2. The summed E-state index contributed by atoms with van der Waals surface area (Å²) in [6.45, 7) is 5.58. The van der Waals surface area contributed by atoms with E-state index in [-0.39, 0.29) is 19.0 Å². The molecule has 0 saturated carbocycles. The molecule has 216 valence electrons. The van der Waals surface area contributed by atoms with Crippen molar-refractivity contribution in [1.82, 2.24) is 30.1 Å². The van der Waals surface area contributed by atoms with E-state index in [1.54, 1.807) is 7.11 Å². The fourth-order valence-electron chi connectivity index (χ4n) is 4.56. The number of benzene rings is 2. The first-order valence-electron chi connectivity index (χ1n) is 13.8. The molecule has 12 nitrogen and oxygen atoms in total. The lowest BCUT2D eigenvalue weighted by Crippen LogP contribution is -2.38. The summed E-state index contributed by atoms with van der Waals surface area (Å²) >= 11 is 0. The largest absolute Gasteiger partial charge is 0.497 e. The summed E-state index contributed by atoms with van der Waals surface area (Å²) < 4.78 is 16.5. The number of imide groups is 1. The fraction of sp³-hybridized carbons (Fsp3) is 0.414. The van der Waals surface area contributed by atoms with Crippen molar-refractivity contribution in [3.63, 3.8) is 0 Å². The number of morpholine rings is 1. The lowest BCUT2D eigenvalue weighted by molar-refractivity contribution is -0.118. The van der Waals surface area contributed by atoms with Gasteiger partial charge in [0.05, 0.1) is 26.9 Å². The number of rotatable bonds is 13. The Morgan fingerprint density at radius 2 is 1.61 bits per heavy atom. The van der Waals surface area contributed by atoms with Crippen LogP contribution in [0.25, 0.3) is 0 Å². The van der Waals surface area contributed by atoms with Crippen LogP contribution >= 0.6 is 0 Å². The number of aromatic nitrogens is 3. The highest BCUT2D eigenvalue weighted by molar-refractivity contribution is 6.01. The zero-order chi connectivity index (χ0) is 28.4. The third-order valence-corrected chi connectivity index (χ3v) is 6.88. The predicted octanol–water partition coefficient (Wildman–Crippen LogP) is 2.04. The van der Waals surface area contributed by atoms with Crippen LogP contribution in [0.5, 0.6) is 11.5 Å². The van der Waals surface area contributed by atoms with Crippen molar-refractivity contribution in [2.75, 3.05) is 58.4 Å². The molecule has 0 bridgehead atoms. The first kappa shape index (κ1) is 28.2. The van der Waals surface area contributed by atoms with Crippen molar-refractivity contribution in [1.29, 1.82) is 0 Å². The Balaban J connectivity index is 1.20. The highest BCUT2D eigenvalue weighted by Crippen LogP contribution is 2.16. The van der Waals surface area contributed by atoms with Crippen molar-refractivity contribution in [3.8, 4) is 11.5 Å². The maximum absolute atomic E-state index is 12.1. The van der Waals surface area contributed by atoms with Crippen LogP contribution < -0.4 is 20.1 Å². The summed E-state index contributed by atoms with van der Waals surface area (Å²) in [6, 6.07) is 15.3. The molecule has 2 aliphatic rings. The van der Waals surface area contributed by atoms with Gasteiger partial charge in [0.1, 0.15) is 30.5 Å². The van der Waals surface area contributed by atoms with Gasteiger partial charge in [-0.2, -0.15) is 9.97 Å². The first-order chi connectivity index (χ1) is 20.0.